The average molecular weight is 261 g/mol. The van der Waals surface area contributed by atoms with E-state index in [9.17, 15) is 4.39 Å². The molecule has 0 amide bonds. The Morgan fingerprint density at radius 3 is 2.95 bits per heavy atom. The molecule has 6 heteroatoms. The van der Waals surface area contributed by atoms with Crippen LogP contribution in [0.4, 0.5) is 21.8 Å². The van der Waals surface area contributed by atoms with Crippen LogP contribution in [0.5, 0.6) is 0 Å². The number of anilines is 3. The quantitative estimate of drug-likeness (QED) is 0.866. The molecule has 1 atom stereocenters. The predicted molar refractivity (Wildman–Crippen MR) is 72.9 cm³/mol. The van der Waals surface area contributed by atoms with Crippen molar-refractivity contribution in [3.05, 3.63) is 36.3 Å². The summed E-state index contributed by atoms with van der Waals surface area (Å²) in [4.78, 5) is 4.27. The summed E-state index contributed by atoms with van der Waals surface area (Å²) in [5, 5.41) is 13.9. The van der Waals surface area contributed by atoms with Crippen molar-refractivity contribution in [1.29, 1.82) is 0 Å². The summed E-state index contributed by atoms with van der Waals surface area (Å²) < 4.78 is 13.1. The lowest BCUT2D eigenvalue weighted by Crippen LogP contribution is -2.16. The second-order valence-electron chi connectivity index (χ2n) is 4.25. The van der Waals surface area contributed by atoms with E-state index in [1.54, 1.807) is 12.1 Å². The van der Waals surface area contributed by atoms with Crippen LogP contribution in [0.15, 0.2) is 30.5 Å². The monoisotopic (exact) mass is 261 g/mol. The van der Waals surface area contributed by atoms with Crippen molar-refractivity contribution in [2.45, 2.75) is 26.3 Å². The SMILES string of the molecule is CCC(C)Nc1nncc(Nc2cccc(F)c2)n1. The largest absolute Gasteiger partial charge is 0.350 e. The molecule has 0 aliphatic rings. The third-order valence-electron chi connectivity index (χ3n) is 2.64. The first kappa shape index (κ1) is 13.2. The van der Waals surface area contributed by atoms with E-state index in [-0.39, 0.29) is 11.9 Å². The van der Waals surface area contributed by atoms with Crippen molar-refractivity contribution < 1.29 is 4.39 Å². The fraction of sp³-hybridized carbons (Fsp3) is 0.308. The molecule has 100 valence electrons. The van der Waals surface area contributed by atoms with Crippen LogP contribution in [0, 0.1) is 5.82 Å². The van der Waals surface area contributed by atoms with Crippen molar-refractivity contribution in [2.24, 2.45) is 0 Å². The van der Waals surface area contributed by atoms with Crippen molar-refractivity contribution in [1.82, 2.24) is 15.2 Å². The summed E-state index contributed by atoms with van der Waals surface area (Å²) in [7, 11) is 0. The van der Waals surface area contributed by atoms with E-state index in [1.807, 2.05) is 6.92 Å². The van der Waals surface area contributed by atoms with E-state index in [4.69, 9.17) is 0 Å². The number of rotatable bonds is 5. The van der Waals surface area contributed by atoms with Gasteiger partial charge in [0.15, 0.2) is 5.82 Å². The van der Waals surface area contributed by atoms with Crippen LogP contribution in [0.3, 0.4) is 0 Å². The van der Waals surface area contributed by atoms with Crippen LogP contribution in [0.1, 0.15) is 20.3 Å². The highest BCUT2D eigenvalue weighted by atomic mass is 19.1. The van der Waals surface area contributed by atoms with E-state index in [0.29, 0.717) is 17.5 Å². The van der Waals surface area contributed by atoms with Crippen LogP contribution < -0.4 is 10.6 Å². The zero-order valence-corrected chi connectivity index (χ0v) is 10.9. The number of benzene rings is 1. The van der Waals surface area contributed by atoms with Crippen LogP contribution in [-0.2, 0) is 0 Å². The van der Waals surface area contributed by atoms with Crippen LogP contribution >= 0.6 is 0 Å². The van der Waals surface area contributed by atoms with E-state index in [2.05, 4.69) is 32.7 Å². The van der Waals surface area contributed by atoms with Gasteiger partial charge in [-0.25, -0.2) is 4.39 Å². The van der Waals surface area contributed by atoms with Gasteiger partial charge in [0, 0.05) is 11.7 Å². The third kappa shape index (κ3) is 3.87. The first-order valence-electron chi connectivity index (χ1n) is 6.16. The van der Waals surface area contributed by atoms with E-state index in [0.717, 1.165) is 6.42 Å². The number of aromatic nitrogens is 3. The number of hydrogen-bond donors (Lipinski definition) is 2. The van der Waals surface area contributed by atoms with Gasteiger partial charge in [-0.3, -0.25) is 0 Å². The Balaban J connectivity index is 2.10. The highest BCUT2D eigenvalue weighted by molar-refractivity contribution is 5.55. The molecule has 19 heavy (non-hydrogen) atoms. The van der Waals surface area contributed by atoms with Gasteiger partial charge < -0.3 is 10.6 Å². The van der Waals surface area contributed by atoms with Gasteiger partial charge in [-0.15, -0.1) is 5.10 Å². The molecular weight excluding hydrogens is 245 g/mol. The van der Waals surface area contributed by atoms with Crippen molar-refractivity contribution in [2.75, 3.05) is 10.6 Å². The Hall–Kier alpha value is -2.24. The maximum Gasteiger partial charge on any atom is 0.244 e. The fourth-order valence-electron chi connectivity index (χ4n) is 1.46. The summed E-state index contributed by atoms with van der Waals surface area (Å²) in [5.41, 5.74) is 0.620. The molecule has 1 unspecified atom stereocenters. The van der Waals surface area contributed by atoms with Gasteiger partial charge in [-0.1, -0.05) is 13.0 Å². The van der Waals surface area contributed by atoms with Gasteiger partial charge in [0.25, 0.3) is 0 Å². The minimum absolute atomic E-state index is 0.270. The fourth-order valence-corrected chi connectivity index (χ4v) is 1.46. The Morgan fingerprint density at radius 2 is 2.21 bits per heavy atom. The van der Waals surface area contributed by atoms with Gasteiger partial charge in [-0.05, 0) is 31.5 Å². The van der Waals surface area contributed by atoms with E-state index >= 15 is 0 Å². The Kier molecular flexibility index (Phi) is 4.22. The number of halogens is 1. The predicted octanol–water partition coefficient (Wildman–Crippen LogP) is 2.96. The summed E-state index contributed by atoms with van der Waals surface area (Å²) in [6, 6.07) is 6.44. The van der Waals surface area contributed by atoms with Crippen molar-refractivity contribution in [3.63, 3.8) is 0 Å². The Labute approximate surface area is 111 Å². The van der Waals surface area contributed by atoms with E-state index in [1.165, 1.54) is 18.3 Å². The van der Waals surface area contributed by atoms with Crippen LogP contribution in [0.25, 0.3) is 0 Å². The van der Waals surface area contributed by atoms with Gasteiger partial charge >= 0.3 is 0 Å². The second-order valence-corrected chi connectivity index (χ2v) is 4.25. The highest BCUT2D eigenvalue weighted by Gasteiger charge is 2.04. The zero-order chi connectivity index (χ0) is 13.7. The standard InChI is InChI=1S/C13H16FN5/c1-3-9(2)16-13-18-12(8-15-19-13)17-11-6-4-5-10(14)7-11/h4-9H,3H2,1-2H3,(H2,16,17,18,19). The molecule has 0 aliphatic heterocycles. The number of nitrogens with zero attached hydrogens (tertiary/aromatic N) is 3. The maximum absolute atomic E-state index is 13.1. The molecule has 0 aliphatic carbocycles. The van der Waals surface area contributed by atoms with Gasteiger partial charge in [0.1, 0.15) is 5.82 Å². The molecule has 2 aromatic rings. The second kappa shape index (κ2) is 6.08. The number of hydrogen-bond acceptors (Lipinski definition) is 5. The molecule has 2 rings (SSSR count). The van der Waals surface area contributed by atoms with E-state index < -0.39 is 0 Å². The average Bonchev–Trinajstić information content (AvgIpc) is 2.39. The summed E-state index contributed by atoms with van der Waals surface area (Å²) in [6.07, 6.45) is 2.46. The minimum atomic E-state index is -0.301. The first-order chi connectivity index (χ1) is 9.17. The first-order valence-corrected chi connectivity index (χ1v) is 6.16. The summed E-state index contributed by atoms with van der Waals surface area (Å²) >= 11 is 0. The molecule has 0 radical (unpaired) electrons. The smallest absolute Gasteiger partial charge is 0.244 e. The summed E-state index contributed by atoms with van der Waals surface area (Å²) in [5.74, 6) is 0.673. The number of nitrogens with one attached hydrogen (secondary N) is 2. The lowest BCUT2D eigenvalue weighted by molar-refractivity contribution is 0.628. The lowest BCUT2D eigenvalue weighted by Gasteiger charge is -2.11. The molecule has 1 heterocycles. The lowest BCUT2D eigenvalue weighted by atomic mass is 10.3. The minimum Gasteiger partial charge on any atom is -0.350 e. The molecule has 1 aromatic carbocycles. The van der Waals surface area contributed by atoms with Gasteiger partial charge in [0.05, 0.1) is 6.20 Å². The van der Waals surface area contributed by atoms with Crippen molar-refractivity contribution >= 4 is 17.5 Å². The molecule has 0 spiro atoms. The normalized spacial score (nSPS) is 11.9. The maximum atomic E-state index is 13.1. The highest BCUT2D eigenvalue weighted by Crippen LogP contribution is 2.15. The van der Waals surface area contributed by atoms with Crippen LogP contribution in [-0.4, -0.2) is 21.2 Å². The van der Waals surface area contributed by atoms with Gasteiger partial charge in [-0.2, -0.15) is 10.1 Å². The molecule has 5 nitrogen and oxygen atoms in total. The zero-order valence-electron chi connectivity index (χ0n) is 10.9. The molecule has 0 saturated heterocycles. The van der Waals surface area contributed by atoms with Crippen molar-refractivity contribution in [3.8, 4) is 0 Å². The third-order valence-corrected chi connectivity index (χ3v) is 2.64. The van der Waals surface area contributed by atoms with Gasteiger partial charge in [0.2, 0.25) is 5.95 Å². The Morgan fingerprint density at radius 1 is 1.37 bits per heavy atom. The van der Waals surface area contributed by atoms with Crippen LogP contribution in [0.2, 0.25) is 0 Å². The summed E-state index contributed by atoms with van der Waals surface area (Å²) in [6.45, 7) is 4.11. The molecule has 2 N–H and O–H groups in total. The molecule has 1 aromatic heterocycles. The molecule has 0 fully saturated rings. The molecular formula is C13H16FN5. The molecule has 0 bridgehead atoms. The molecule has 0 saturated carbocycles. The Bertz CT molecular complexity index is 546. The topological polar surface area (TPSA) is 62.7 Å².